The Kier molecular flexibility index (Phi) is 6.35. The summed E-state index contributed by atoms with van der Waals surface area (Å²) in [5.41, 5.74) is 0.832. The number of hydrogen-bond acceptors (Lipinski definition) is 7. The fraction of sp³-hybridized carbons (Fsp3) is 0.286. The topological polar surface area (TPSA) is 141 Å². The van der Waals surface area contributed by atoms with Crippen LogP contribution < -0.4 is 10.9 Å². The van der Waals surface area contributed by atoms with Gasteiger partial charge in [-0.25, -0.2) is 4.57 Å². The normalized spacial score (nSPS) is 19.8. The van der Waals surface area contributed by atoms with Crippen LogP contribution in [0.3, 0.4) is 0 Å². The maximum Gasteiger partial charge on any atom is 0.469 e. The zero-order valence-electron chi connectivity index (χ0n) is 17.9. The molecular formula is C21H22BClNO8P. The molecule has 2 atom stereocenters. The summed E-state index contributed by atoms with van der Waals surface area (Å²) in [7, 11) is -1.22. The fourth-order valence-electron chi connectivity index (χ4n) is 4.32. The number of phenolic OH excluding ortho intramolecular Hbond substituents is 2. The van der Waals surface area contributed by atoms with E-state index in [1.807, 2.05) is 12.7 Å². The summed E-state index contributed by atoms with van der Waals surface area (Å²) in [5.74, 6) is -1.43. The van der Waals surface area contributed by atoms with Crippen LogP contribution in [0.25, 0.3) is 22.3 Å². The van der Waals surface area contributed by atoms with E-state index < -0.39 is 31.0 Å². The van der Waals surface area contributed by atoms with Crippen molar-refractivity contribution < 1.29 is 33.5 Å². The Bertz CT molecular complexity index is 1340. The molecule has 1 aliphatic rings. The summed E-state index contributed by atoms with van der Waals surface area (Å²) in [6, 6.07) is 7.45. The second-order valence-corrected chi connectivity index (χ2v) is 9.88. The number of fused-ring (bicyclic) bond motifs is 1. The third kappa shape index (κ3) is 4.82. The summed E-state index contributed by atoms with van der Waals surface area (Å²) >= 11 is 6.32. The van der Waals surface area contributed by atoms with Crippen LogP contribution in [0.2, 0.25) is 5.02 Å². The van der Waals surface area contributed by atoms with Crippen LogP contribution in [0, 0.1) is 0 Å². The minimum Gasteiger partial charge on any atom is -0.507 e. The molecule has 0 saturated carbocycles. The van der Waals surface area contributed by atoms with Gasteiger partial charge in [-0.05, 0) is 26.1 Å². The first-order chi connectivity index (χ1) is 15.4. The summed E-state index contributed by atoms with van der Waals surface area (Å²) < 4.78 is 22.7. The number of aromatic hydroxyl groups is 2. The monoisotopic (exact) mass is 493 g/mol. The molecule has 1 saturated heterocycles. The number of phenols is 2. The largest absolute Gasteiger partial charge is 0.507 e. The number of rotatable bonds is 4. The van der Waals surface area contributed by atoms with Gasteiger partial charge < -0.3 is 29.3 Å². The molecule has 1 aliphatic heterocycles. The molecule has 0 aliphatic carbocycles. The number of benzene rings is 2. The number of hydrogen-bond donors (Lipinski definition) is 4. The number of phosphoric ester groups is 1. The Hall–Kier alpha value is -2.33. The van der Waals surface area contributed by atoms with Crippen molar-refractivity contribution >= 4 is 43.7 Å². The molecule has 3 aromatic rings. The molecule has 2 heterocycles. The molecule has 12 heteroatoms. The molecule has 174 valence electrons. The number of nitrogens with zero attached hydrogens (tertiary/aromatic N) is 1. The highest BCUT2D eigenvalue weighted by Crippen LogP contribution is 2.47. The Labute approximate surface area is 194 Å². The fourth-order valence-corrected chi connectivity index (χ4v) is 5.10. The van der Waals surface area contributed by atoms with Crippen LogP contribution in [0.15, 0.2) is 39.5 Å². The molecule has 4 N–H and O–H groups in total. The minimum atomic E-state index is -4.85. The highest BCUT2D eigenvalue weighted by atomic mass is 35.5. The third-order valence-electron chi connectivity index (χ3n) is 5.79. The summed E-state index contributed by atoms with van der Waals surface area (Å²) in [5, 5.41) is 21.4. The Morgan fingerprint density at radius 1 is 1.21 bits per heavy atom. The Morgan fingerprint density at radius 3 is 2.64 bits per heavy atom. The van der Waals surface area contributed by atoms with Gasteiger partial charge in [-0.15, -0.1) is 0 Å². The lowest BCUT2D eigenvalue weighted by molar-refractivity contribution is 0.0544. The van der Waals surface area contributed by atoms with Crippen molar-refractivity contribution in [2.24, 2.45) is 0 Å². The zero-order chi connectivity index (χ0) is 24.1. The van der Waals surface area contributed by atoms with Gasteiger partial charge in [0, 0.05) is 35.7 Å². The van der Waals surface area contributed by atoms with Gasteiger partial charge in [-0.2, -0.15) is 0 Å². The Morgan fingerprint density at radius 2 is 1.94 bits per heavy atom. The van der Waals surface area contributed by atoms with Gasteiger partial charge in [0.25, 0.3) is 0 Å². The van der Waals surface area contributed by atoms with E-state index in [1.54, 1.807) is 25.2 Å². The smallest absolute Gasteiger partial charge is 0.469 e. The van der Waals surface area contributed by atoms with Crippen molar-refractivity contribution in [3.63, 3.8) is 0 Å². The number of halogens is 1. The van der Waals surface area contributed by atoms with E-state index in [-0.39, 0.29) is 34.6 Å². The van der Waals surface area contributed by atoms with Crippen molar-refractivity contribution in [2.45, 2.75) is 18.4 Å². The second-order valence-electron chi connectivity index (χ2n) is 8.28. The van der Waals surface area contributed by atoms with Gasteiger partial charge >= 0.3 is 7.82 Å². The van der Waals surface area contributed by atoms with E-state index in [0.717, 1.165) is 11.5 Å². The van der Waals surface area contributed by atoms with Gasteiger partial charge in [0.15, 0.2) is 5.43 Å². The highest BCUT2D eigenvalue weighted by molar-refractivity contribution is 7.46. The molecule has 2 aromatic carbocycles. The third-order valence-corrected chi connectivity index (χ3v) is 6.67. The van der Waals surface area contributed by atoms with E-state index in [4.69, 9.17) is 20.5 Å². The molecule has 2 unspecified atom stereocenters. The van der Waals surface area contributed by atoms with Crippen molar-refractivity contribution in [2.75, 3.05) is 20.1 Å². The van der Waals surface area contributed by atoms with Crippen LogP contribution in [-0.4, -0.2) is 59.0 Å². The van der Waals surface area contributed by atoms with Crippen molar-refractivity contribution in [1.29, 1.82) is 0 Å². The van der Waals surface area contributed by atoms with Crippen LogP contribution in [0.1, 0.15) is 17.9 Å². The lowest BCUT2D eigenvalue weighted by Crippen LogP contribution is -2.41. The highest BCUT2D eigenvalue weighted by Gasteiger charge is 2.38. The molecule has 0 amide bonds. The predicted octanol–water partition coefficient (Wildman–Crippen LogP) is 1.68. The van der Waals surface area contributed by atoms with E-state index in [9.17, 15) is 29.4 Å². The minimum absolute atomic E-state index is 0.0820. The predicted molar refractivity (Wildman–Crippen MR) is 126 cm³/mol. The number of phosphoric acid groups is 1. The van der Waals surface area contributed by atoms with Crippen LogP contribution in [-0.2, 0) is 9.09 Å². The molecular weight excluding hydrogens is 471 g/mol. The first-order valence-corrected chi connectivity index (χ1v) is 12.1. The molecule has 1 aromatic heterocycles. The number of likely N-dealkylation sites (N-methyl/N-ethyl adjacent to an activating group) is 1. The first-order valence-electron chi connectivity index (χ1n) is 10.2. The van der Waals surface area contributed by atoms with E-state index in [1.165, 1.54) is 6.07 Å². The Balaban J connectivity index is 1.98. The quantitative estimate of drug-likeness (QED) is 0.315. The van der Waals surface area contributed by atoms with E-state index >= 15 is 0 Å². The van der Waals surface area contributed by atoms with Gasteiger partial charge in [-0.1, -0.05) is 29.2 Å². The molecule has 1 fully saturated rings. The SMILES string of the molecule is Bc1ccc(Cl)c(-c2cc(=O)c3c(O)cc(O)c(C4CCN(C)CC4OP(=O)(O)O)c3o2)c1. The van der Waals surface area contributed by atoms with Crippen LogP contribution in [0.4, 0.5) is 0 Å². The number of likely N-dealkylation sites (tertiary alicyclic amines) is 1. The average molecular weight is 494 g/mol. The maximum atomic E-state index is 13.0. The van der Waals surface area contributed by atoms with Crippen molar-refractivity contribution in [3.05, 3.63) is 51.1 Å². The van der Waals surface area contributed by atoms with E-state index in [2.05, 4.69) is 0 Å². The van der Waals surface area contributed by atoms with Gasteiger partial charge in [0.05, 0.1) is 11.1 Å². The zero-order valence-corrected chi connectivity index (χ0v) is 19.5. The molecule has 9 nitrogen and oxygen atoms in total. The standard InChI is InChI=1S/C21H22BClNO8P/c1-24-5-4-11(18(9-24)32-33(28,29)30)19-14(25)7-15(26)20-16(27)8-17(31-21(19)20)12-6-10(22)2-3-13(12)23/h2-3,6-8,11,18,25-26H,4-5,9,22H2,1H3,(H2,28,29,30). The molecule has 0 spiro atoms. The summed E-state index contributed by atoms with van der Waals surface area (Å²) in [6.45, 7) is 0.715. The summed E-state index contributed by atoms with van der Waals surface area (Å²) in [6.07, 6.45) is -0.645. The van der Waals surface area contributed by atoms with Crippen molar-refractivity contribution in [1.82, 2.24) is 4.90 Å². The van der Waals surface area contributed by atoms with Crippen LogP contribution in [0.5, 0.6) is 11.5 Å². The average Bonchev–Trinajstić information content (AvgIpc) is 2.69. The van der Waals surface area contributed by atoms with Gasteiger partial charge in [0.2, 0.25) is 0 Å². The molecule has 0 bridgehead atoms. The lowest BCUT2D eigenvalue weighted by atomic mass is 9.85. The molecule has 4 rings (SSSR count). The lowest BCUT2D eigenvalue weighted by Gasteiger charge is -2.36. The van der Waals surface area contributed by atoms with E-state index in [0.29, 0.717) is 23.6 Å². The van der Waals surface area contributed by atoms with Crippen LogP contribution >= 0.6 is 19.4 Å². The maximum absolute atomic E-state index is 13.0. The molecule has 33 heavy (non-hydrogen) atoms. The molecule has 0 radical (unpaired) electrons. The van der Waals surface area contributed by atoms with Gasteiger partial charge in [0.1, 0.15) is 36.1 Å². The van der Waals surface area contributed by atoms with Crippen molar-refractivity contribution in [3.8, 4) is 22.8 Å². The summed E-state index contributed by atoms with van der Waals surface area (Å²) in [4.78, 5) is 33.7. The van der Waals surface area contributed by atoms with Gasteiger partial charge in [-0.3, -0.25) is 9.32 Å². The first kappa shape index (κ1) is 23.8. The second kappa shape index (κ2) is 8.79. The number of piperidine rings is 1.